The van der Waals surface area contributed by atoms with E-state index in [1.165, 1.54) is 5.56 Å². The normalized spacial score (nSPS) is 33.2. The number of carbonyl (C=O) groups is 1. The second-order valence-electron chi connectivity index (χ2n) is 8.30. The summed E-state index contributed by atoms with van der Waals surface area (Å²) in [5.74, 6) is 1.44. The maximum atomic E-state index is 13.0. The molecule has 0 aliphatic heterocycles. The topological polar surface area (TPSA) is 108 Å². The molecule has 0 amide bonds. The summed E-state index contributed by atoms with van der Waals surface area (Å²) in [6, 6.07) is 5.41. The van der Waals surface area contributed by atoms with Crippen molar-refractivity contribution in [1.82, 2.24) is 0 Å². The van der Waals surface area contributed by atoms with Gasteiger partial charge in [0, 0.05) is 11.8 Å². The Labute approximate surface area is 165 Å². The maximum absolute atomic E-state index is 13.0. The first-order valence-corrected chi connectivity index (χ1v) is 11.3. The van der Waals surface area contributed by atoms with E-state index in [9.17, 15) is 13.2 Å². The van der Waals surface area contributed by atoms with Crippen LogP contribution in [0.3, 0.4) is 0 Å². The largest absolute Gasteiger partial charge is 0.396 e. The number of fused-ring (bicyclic) bond motifs is 5. The van der Waals surface area contributed by atoms with Gasteiger partial charge in [-0.2, -0.15) is 13.6 Å². The van der Waals surface area contributed by atoms with Crippen molar-refractivity contribution in [3.63, 3.8) is 0 Å². The minimum absolute atomic E-state index is 0.145. The molecule has 2 fully saturated rings. The molecule has 0 radical (unpaired) electrons. The Bertz CT molecular complexity index is 942. The van der Waals surface area contributed by atoms with E-state index in [0.29, 0.717) is 30.6 Å². The van der Waals surface area contributed by atoms with Crippen LogP contribution in [-0.4, -0.2) is 26.5 Å². The number of rotatable bonds is 4. The monoisotopic (exact) mass is 406 g/mol. The molecule has 1 aromatic rings. The van der Waals surface area contributed by atoms with Crippen molar-refractivity contribution in [2.45, 2.75) is 51.9 Å². The van der Waals surface area contributed by atoms with Crippen LogP contribution >= 0.6 is 0 Å². The van der Waals surface area contributed by atoms with Gasteiger partial charge in [0.1, 0.15) is 18.1 Å². The van der Waals surface area contributed by atoms with Crippen molar-refractivity contribution in [3.05, 3.63) is 29.3 Å². The van der Waals surface area contributed by atoms with E-state index < -0.39 is 10.3 Å². The summed E-state index contributed by atoms with van der Waals surface area (Å²) in [7, 11) is -4.03. The molecule has 3 aliphatic carbocycles. The molecule has 0 unspecified atom stereocenters. The van der Waals surface area contributed by atoms with Gasteiger partial charge in [-0.05, 0) is 73.6 Å². The zero-order valence-corrected chi connectivity index (χ0v) is 17.0. The van der Waals surface area contributed by atoms with Crippen LogP contribution in [0.15, 0.2) is 23.4 Å². The van der Waals surface area contributed by atoms with Gasteiger partial charge in [-0.15, -0.1) is 0 Å². The van der Waals surface area contributed by atoms with E-state index in [-0.39, 0.29) is 22.9 Å². The molecular weight excluding hydrogens is 380 g/mol. The van der Waals surface area contributed by atoms with Crippen molar-refractivity contribution < 1.29 is 22.2 Å². The van der Waals surface area contributed by atoms with Crippen LogP contribution in [0.4, 0.5) is 0 Å². The number of aryl methyl sites for hydroxylation is 1. The van der Waals surface area contributed by atoms with Crippen molar-refractivity contribution in [3.8, 4) is 5.75 Å². The summed E-state index contributed by atoms with van der Waals surface area (Å²) in [5.41, 5.74) is 2.57. The molecule has 152 valence electrons. The number of oxime groups is 1. The van der Waals surface area contributed by atoms with Crippen molar-refractivity contribution >= 4 is 21.8 Å². The summed E-state index contributed by atoms with van der Waals surface area (Å²) >= 11 is 0. The highest BCUT2D eigenvalue weighted by atomic mass is 32.2. The van der Waals surface area contributed by atoms with Crippen molar-refractivity contribution in [2.24, 2.45) is 27.5 Å². The summed E-state index contributed by atoms with van der Waals surface area (Å²) in [6.45, 7) is 4.41. The zero-order valence-electron chi connectivity index (χ0n) is 16.2. The standard InChI is InChI=1S/C20H26N2O5S/c1-3-26-22-18-11-17-16-6-4-12-10-13(27-28(21,24)25)5-7-14(12)15(16)8-9-20(17,2)19(18)23/h5,7,10,15-17H,3-4,6,8-9,11H2,1-2H3,(H2,21,24,25)/b22-18+/t15-,16-,17+,20+/m1/s1. The average molecular weight is 407 g/mol. The highest BCUT2D eigenvalue weighted by molar-refractivity contribution is 7.84. The van der Waals surface area contributed by atoms with E-state index in [1.54, 1.807) is 12.1 Å². The molecule has 28 heavy (non-hydrogen) atoms. The Morgan fingerprint density at radius 2 is 2.11 bits per heavy atom. The summed E-state index contributed by atoms with van der Waals surface area (Å²) < 4.78 is 27.2. The van der Waals surface area contributed by atoms with Gasteiger partial charge in [0.25, 0.3) is 0 Å². The molecule has 0 saturated heterocycles. The summed E-state index contributed by atoms with van der Waals surface area (Å²) in [5, 5.41) is 9.08. The summed E-state index contributed by atoms with van der Waals surface area (Å²) in [6.07, 6.45) is 4.24. The SMILES string of the molecule is CCO/N=C1\C[C@H]2[C@@H]3CCc4cc(OS(N)(=O)=O)ccc4[C@H]3CC[C@]2(C)C1=O. The third-order valence-electron chi connectivity index (χ3n) is 6.80. The van der Waals surface area contributed by atoms with Crippen molar-refractivity contribution in [1.29, 1.82) is 0 Å². The fourth-order valence-electron chi connectivity index (χ4n) is 5.58. The molecule has 2 saturated carbocycles. The molecule has 1 aromatic carbocycles. The molecule has 0 aromatic heterocycles. The van der Waals surface area contributed by atoms with Gasteiger partial charge in [0.2, 0.25) is 0 Å². The Morgan fingerprint density at radius 1 is 1.32 bits per heavy atom. The first-order chi connectivity index (χ1) is 13.2. The highest BCUT2D eigenvalue weighted by Gasteiger charge is 2.57. The lowest BCUT2D eigenvalue weighted by molar-refractivity contribution is -0.125. The van der Waals surface area contributed by atoms with Gasteiger partial charge in [-0.1, -0.05) is 18.1 Å². The lowest BCUT2D eigenvalue weighted by Gasteiger charge is -2.47. The average Bonchev–Trinajstić information content (AvgIpc) is 2.89. The second-order valence-corrected chi connectivity index (χ2v) is 9.45. The lowest BCUT2D eigenvalue weighted by Crippen LogP contribution is -2.42. The van der Waals surface area contributed by atoms with Crippen LogP contribution < -0.4 is 9.32 Å². The van der Waals surface area contributed by atoms with E-state index in [1.807, 2.05) is 13.0 Å². The molecular formula is C20H26N2O5S. The van der Waals surface area contributed by atoms with Gasteiger partial charge in [0.05, 0.1) is 0 Å². The Morgan fingerprint density at radius 3 is 2.82 bits per heavy atom. The van der Waals surface area contributed by atoms with Crippen LogP contribution in [0, 0.1) is 17.3 Å². The predicted octanol–water partition coefficient (Wildman–Crippen LogP) is 2.70. The molecule has 4 atom stereocenters. The van der Waals surface area contributed by atoms with Crippen molar-refractivity contribution in [2.75, 3.05) is 6.61 Å². The predicted molar refractivity (Wildman–Crippen MR) is 104 cm³/mol. The number of hydrogen-bond acceptors (Lipinski definition) is 6. The summed E-state index contributed by atoms with van der Waals surface area (Å²) in [4.78, 5) is 18.1. The van der Waals surface area contributed by atoms with Crippen LogP contribution in [0.25, 0.3) is 0 Å². The number of ketones is 1. The molecule has 8 heteroatoms. The molecule has 0 spiro atoms. The van der Waals surface area contributed by atoms with Crippen LogP contribution in [0.2, 0.25) is 0 Å². The fraction of sp³-hybridized carbons (Fsp3) is 0.600. The lowest BCUT2D eigenvalue weighted by atomic mass is 9.55. The zero-order chi connectivity index (χ0) is 20.1. The first-order valence-electron chi connectivity index (χ1n) is 9.81. The second kappa shape index (κ2) is 6.84. The van der Waals surface area contributed by atoms with Gasteiger partial charge < -0.3 is 9.02 Å². The number of Topliss-reactive ketones (excluding diaryl/α,β-unsaturated/α-hetero) is 1. The van der Waals surface area contributed by atoms with Gasteiger partial charge in [-0.3, -0.25) is 4.79 Å². The molecule has 0 bridgehead atoms. The number of hydrogen-bond donors (Lipinski definition) is 1. The Balaban J connectivity index is 1.62. The van der Waals surface area contributed by atoms with Crippen LogP contribution in [0.1, 0.15) is 56.6 Å². The van der Waals surface area contributed by atoms with E-state index in [0.717, 1.165) is 31.2 Å². The first kappa shape index (κ1) is 19.4. The Kier molecular flexibility index (Phi) is 4.74. The third kappa shape index (κ3) is 3.22. The number of nitrogens with two attached hydrogens (primary N) is 1. The molecule has 3 aliphatic rings. The quantitative estimate of drug-likeness (QED) is 0.774. The molecule has 7 nitrogen and oxygen atoms in total. The van der Waals surface area contributed by atoms with E-state index in [2.05, 4.69) is 12.1 Å². The minimum atomic E-state index is -4.03. The fourth-order valence-corrected chi connectivity index (χ4v) is 5.95. The van der Waals surface area contributed by atoms with Gasteiger partial charge >= 0.3 is 10.3 Å². The number of nitrogens with zero attached hydrogens (tertiary/aromatic N) is 1. The number of carbonyl (C=O) groups excluding carboxylic acids is 1. The number of benzene rings is 1. The molecule has 0 heterocycles. The molecule has 2 N–H and O–H groups in total. The molecule has 4 rings (SSSR count). The van der Waals surface area contributed by atoms with E-state index >= 15 is 0 Å². The van der Waals surface area contributed by atoms with E-state index in [4.69, 9.17) is 14.2 Å². The maximum Gasteiger partial charge on any atom is 0.380 e. The van der Waals surface area contributed by atoms with Crippen LogP contribution in [-0.2, 0) is 26.4 Å². The smallest absolute Gasteiger partial charge is 0.380 e. The Hall–Kier alpha value is -1.93. The van der Waals surface area contributed by atoms with Gasteiger partial charge in [-0.25, -0.2) is 0 Å². The third-order valence-corrected chi connectivity index (χ3v) is 7.22. The van der Waals surface area contributed by atoms with Crippen LogP contribution in [0.5, 0.6) is 5.75 Å². The highest BCUT2D eigenvalue weighted by Crippen LogP contribution is 2.59. The van der Waals surface area contributed by atoms with Gasteiger partial charge in [0.15, 0.2) is 5.78 Å². The minimum Gasteiger partial charge on any atom is -0.396 e.